The highest BCUT2D eigenvalue weighted by molar-refractivity contribution is 7.47. The minimum Gasteiger partial charge on any atom is -0.457 e. The summed E-state index contributed by atoms with van der Waals surface area (Å²) in [5.41, 5.74) is 0. The van der Waals surface area contributed by atoms with Crippen molar-refractivity contribution in [2.75, 3.05) is 33.0 Å². The van der Waals surface area contributed by atoms with Gasteiger partial charge in [-0.1, -0.05) is 146 Å². The van der Waals surface area contributed by atoms with Crippen LogP contribution in [0.25, 0.3) is 0 Å². The van der Waals surface area contributed by atoms with Crippen LogP contribution in [-0.4, -0.2) is 66.3 Å². The highest BCUT2D eigenvalue weighted by Crippen LogP contribution is 2.43. The van der Waals surface area contributed by atoms with Gasteiger partial charge < -0.3 is 24.6 Å². The summed E-state index contributed by atoms with van der Waals surface area (Å²) >= 11 is 0. The maximum absolute atomic E-state index is 12.6. The molecule has 3 atom stereocenters. The number of unbranched alkanes of at least 4 members (excludes halogenated alkanes) is 19. The molecule has 0 saturated heterocycles. The second-order valence-electron chi connectivity index (χ2n) is 14.4. The molecule has 10 heteroatoms. The van der Waals surface area contributed by atoms with Crippen LogP contribution in [0.1, 0.15) is 181 Å². The lowest BCUT2D eigenvalue weighted by Crippen LogP contribution is -2.29. The van der Waals surface area contributed by atoms with Crippen LogP contribution >= 0.6 is 7.82 Å². The number of allylic oxidation sites excluding steroid dienone is 8. The number of carbonyl (C=O) groups is 1. The number of phosphoric acid groups is 1. The summed E-state index contributed by atoms with van der Waals surface area (Å²) in [5, 5.41) is 18.3. The molecule has 0 bridgehead atoms. The van der Waals surface area contributed by atoms with Crippen molar-refractivity contribution >= 4 is 13.8 Å². The fourth-order valence-electron chi connectivity index (χ4n) is 5.65. The first kappa shape index (κ1) is 52.4. The van der Waals surface area contributed by atoms with Gasteiger partial charge in [0.2, 0.25) is 0 Å². The maximum atomic E-state index is 12.6. The summed E-state index contributed by atoms with van der Waals surface area (Å²) in [6, 6.07) is 0. The van der Waals surface area contributed by atoms with Gasteiger partial charge in [0.1, 0.15) is 12.2 Å². The largest absolute Gasteiger partial charge is 0.472 e. The van der Waals surface area contributed by atoms with Crippen LogP contribution in [0.5, 0.6) is 0 Å². The van der Waals surface area contributed by atoms with E-state index in [1.807, 2.05) is 0 Å². The third kappa shape index (κ3) is 40.1. The standard InChI is InChI=1S/C44H81O9P/c1-3-5-7-9-11-13-15-17-18-19-20-21-22-23-25-27-29-31-33-35-37-50-40-43(41-52-54(48,49)51-39-42(46)38-45)53-44(47)36-34-32-30-28-26-24-16-14-12-10-8-6-4-2/h11,13-14,16-18,20-21,42-43,45-46H,3-10,12,15,19,22-41H2,1-2H3,(H,48,49)/b13-11-,16-14-,18-17-,21-20-. The van der Waals surface area contributed by atoms with Crippen LogP contribution in [-0.2, 0) is 27.9 Å². The van der Waals surface area contributed by atoms with Crippen molar-refractivity contribution < 1.29 is 43.0 Å². The van der Waals surface area contributed by atoms with Gasteiger partial charge in [-0.3, -0.25) is 13.8 Å². The van der Waals surface area contributed by atoms with Crippen molar-refractivity contribution in [1.29, 1.82) is 0 Å². The number of hydrogen-bond acceptors (Lipinski definition) is 8. The van der Waals surface area contributed by atoms with Gasteiger partial charge in [-0.25, -0.2) is 4.57 Å². The van der Waals surface area contributed by atoms with Gasteiger partial charge in [-0.05, 0) is 77.0 Å². The number of ether oxygens (including phenoxy) is 2. The SMILES string of the molecule is CCCCC/C=C\C/C=C\C/C=C\CCCCCCCCCOCC(COP(=O)(O)OCC(O)CO)OC(=O)CCCCCCC/C=C\CCCCCC. The molecule has 0 aromatic carbocycles. The minimum atomic E-state index is -4.52. The van der Waals surface area contributed by atoms with Crippen molar-refractivity contribution in [2.24, 2.45) is 0 Å². The Bertz CT molecular complexity index is 981. The topological polar surface area (TPSA) is 132 Å². The van der Waals surface area contributed by atoms with Gasteiger partial charge in [0.05, 0.1) is 26.4 Å². The lowest BCUT2D eigenvalue weighted by molar-refractivity contribution is -0.154. The van der Waals surface area contributed by atoms with E-state index in [0.29, 0.717) is 13.0 Å². The van der Waals surface area contributed by atoms with Crippen molar-refractivity contribution in [3.05, 3.63) is 48.6 Å². The van der Waals surface area contributed by atoms with E-state index < -0.39 is 39.2 Å². The van der Waals surface area contributed by atoms with Crippen molar-refractivity contribution in [1.82, 2.24) is 0 Å². The number of hydrogen-bond donors (Lipinski definition) is 3. The highest BCUT2D eigenvalue weighted by Gasteiger charge is 2.26. The first-order valence-electron chi connectivity index (χ1n) is 21.6. The quantitative estimate of drug-likeness (QED) is 0.0240. The van der Waals surface area contributed by atoms with Gasteiger partial charge in [0.25, 0.3) is 0 Å². The summed E-state index contributed by atoms with van der Waals surface area (Å²) in [6.45, 7) is 3.44. The van der Waals surface area contributed by atoms with Crippen LogP contribution in [0.3, 0.4) is 0 Å². The number of rotatable bonds is 41. The van der Waals surface area contributed by atoms with Gasteiger partial charge in [0.15, 0.2) is 0 Å². The average Bonchev–Trinajstić information content (AvgIpc) is 3.16. The van der Waals surface area contributed by atoms with Crippen LogP contribution in [0, 0.1) is 0 Å². The normalized spacial score (nSPS) is 14.5. The molecule has 54 heavy (non-hydrogen) atoms. The van der Waals surface area contributed by atoms with E-state index in [-0.39, 0.29) is 19.6 Å². The Morgan fingerprint density at radius 1 is 0.574 bits per heavy atom. The van der Waals surface area contributed by atoms with Crippen LogP contribution in [0.15, 0.2) is 48.6 Å². The number of aliphatic hydroxyl groups is 2. The van der Waals surface area contributed by atoms with E-state index >= 15 is 0 Å². The van der Waals surface area contributed by atoms with E-state index in [2.05, 4.69) is 62.5 Å². The molecule has 9 nitrogen and oxygen atoms in total. The zero-order valence-corrected chi connectivity index (χ0v) is 35.3. The number of phosphoric ester groups is 1. The predicted molar refractivity (Wildman–Crippen MR) is 223 cm³/mol. The lowest BCUT2D eigenvalue weighted by atomic mass is 10.1. The summed E-state index contributed by atoms with van der Waals surface area (Å²) in [6.07, 6.45) is 44.9. The monoisotopic (exact) mass is 785 g/mol. The van der Waals surface area contributed by atoms with Gasteiger partial charge in [-0.2, -0.15) is 0 Å². The molecule has 0 spiro atoms. The van der Waals surface area contributed by atoms with Crippen LogP contribution < -0.4 is 0 Å². The minimum absolute atomic E-state index is 0.0383. The third-order valence-electron chi connectivity index (χ3n) is 8.99. The van der Waals surface area contributed by atoms with E-state index in [9.17, 15) is 19.4 Å². The summed E-state index contributed by atoms with van der Waals surface area (Å²) in [7, 11) is -4.52. The molecule has 0 amide bonds. The summed E-state index contributed by atoms with van der Waals surface area (Å²) in [5.74, 6) is -0.397. The molecule has 0 saturated carbocycles. The second-order valence-corrected chi connectivity index (χ2v) is 15.8. The number of aliphatic hydroxyl groups excluding tert-OH is 2. The summed E-state index contributed by atoms with van der Waals surface area (Å²) in [4.78, 5) is 22.5. The molecule has 3 N–H and O–H groups in total. The predicted octanol–water partition coefficient (Wildman–Crippen LogP) is 11.8. The first-order chi connectivity index (χ1) is 26.3. The molecule has 0 rings (SSSR count). The summed E-state index contributed by atoms with van der Waals surface area (Å²) < 4.78 is 33.3. The Morgan fingerprint density at radius 3 is 1.56 bits per heavy atom. The molecule has 0 heterocycles. The lowest BCUT2D eigenvalue weighted by Gasteiger charge is -2.20. The Hall–Kier alpha value is -1.58. The van der Waals surface area contributed by atoms with Crippen LogP contribution in [0.2, 0.25) is 0 Å². The smallest absolute Gasteiger partial charge is 0.457 e. The van der Waals surface area contributed by atoms with E-state index in [4.69, 9.17) is 23.6 Å². The fourth-order valence-corrected chi connectivity index (χ4v) is 6.44. The Labute approximate surface area is 330 Å². The molecular formula is C44H81O9P. The van der Waals surface area contributed by atoms with E-state index in [0.717, 1.165) is 70.6 Å². The van der Waals surface area contributed by atoms with E-state index in [1.54, 1.807) is 0 Å². The first-order valence-corrected chi connectivity index (χ1v) is 23.1. The molecular weight excluding hydrogens is 703 g/mol. The number of carbonyl (C=O) groups excluding carboxylic acids is 1. The Balaban J connectivity index is 4.18. The zero-order chi connectivity index (χ0) is 39.6. The molecule has 0 aliphatic carbocycles. The Kier molecular flexibility index (Phi) is 39.9. The molecule has 0 fully saturated rings. The Morgan fingerprint density at radius 2 is 1.00 bits per heavy atom. The highest BCUT2D eigenvalue weighted by atomic mass is 31.2. The molecule has 0 aliphatic rings. The molecule has 0 aliphatic heterocycles. The zero-order valence-electron chi connectivity index (χ0n) is 34.4. The second kappa shape index (κ2) is 41.1. The van der Waals surface area contributed by atoms with Crippen molar-refractivity contribution in [2.45, 2.75) is 193 Å². The maximum Gasteiger partial charge on any atom is 0.472 e. The average molecular weight is 785 g/mol. The van der Waals surface area contributed by atoms with Gasteiger partial charge in [0, 0.05) is 13.0 Å². The number of esters is 1. The molecule has 0 aromatic rings. The van der Waals surface area contributed by atoms with Crippen molar-refractivity contribution in [3.8, 4) is 0 Å². The molecule has 0 aromatic heterocycles. The third-order valence-corrected chi connectivity index (χ3v) is 9.94. The molecule has 0 radical (unpaired) electrons. The van der Waals surface area contributed by atoms with Crippen LogP contribution in [0.4, 0.5) is 0 Å². The van der Waals surface area contributed by atoms with Gasteiger partial charge >= 0.3 is 13.8 Å². The van der Waals surface area contributed by atoms with E-state index in [1.165, 1.54) is 83.5 Å². The van der Waals surface area contributed by atoms with Crippen molar-refractivity contribution in [3.63, 3.8) is 0 Å². The molecule has 3 unspecified atom stereocenters. The fraction of sp³-hybridized carbons (Fsp3) is 0.795. The molecule has 316 valence electrons. The van der Waals surface area contributed by atoms with Gasteiger partial charge in [-0.15, -0.1) is 0 Å².